The molecule has 0 saturated carbocycles. The van der Waals surface area contributed by atoms with Crippen molar-refractivity contribution in [1.29, 1.82) is 0 Å². The molecule has 1 fully saturated rings. The first kappa shape index (κ1) is 22.3. The zero-order valence-electron chi connectivity index (χ0n) is 15.5. The van der Waals surface area contributed by atoms with Gasteiger partial charge in [0.25, 0.3) is 0 Å². The highest BCUT2D eigenvalue weighted by Crippen LogP contribution is 2.27. The van der Waals surface area contributed by atoms with Crippen LogP contribution in [0.15, 0.2) is 52.3 Å². The molecule has 0 aromatic heterocycles. The first-order valence-electron chi connectivity index (χ1n) is 8.75. The molecule has 158 valence electrons. The smallest absolute Gasteiger partial charge is 0.243 e. The summed E-state index contributed by atoms with van der Waals surface area (Å²) in [7, 11) is -6.02. The summed E-state index contributed by atoms with van der Waals surface area (Å²) in [5.41, 5.74) is 0. The van der Waals surface area contributed by atoms with Crippen molar-refractivity contribution in [3.05, 3.63) is 52.5 Å². The predicted octanol–water partition coefficient (Wildman–Crippen LogP) is 3.13. The van der Waals surface area contributed by atoms with Crippen LogP contribution < -0.4 is 9.46 Å². The lowest BCUT2D eigenvalue weighted by Crippen LogP contribution is -2.46. The maximum atomic E-state index is 12.8. The lowest BCUT2D eigenvalue weighted by Gasteiger charge is -2.31. The second-order valence-electron chi connectivity index (χ2n) is 6.55. The van der Waals surface area contributed by atoms with E-state index in [9.17, 15) is 16.8 Å². The minimum atomic E-state index is -3.87. The van der Waals surface area contributed by atoms with E-state index in [4.69, 9.17) is 27.9 Å². The van der Waals surface area contributed by atoms with Crippen molar-refractivity contribution in [3.63, 3.8) is 0 Å². The molecular weight excluding hydrogens is 459 g/mol. The van der Waals surface area contributed by atoms with Gasteiger partial charge >= 0.3 is 0 Å². The summed E-state index contributed by atoms with van der Waals surface area (Å²) in [5.74, 6) is 0.566. The Morgan fingerprint density at radius 1 is 1.00 bits per heavy atom. The van der Waals surface area contributed by atoms with Crippen LogP contribution >= 0.6 is 23.2 Å². The maximum Gasteiger partial charge on any atom is 0.243 e. The molecule has 2 aromatic carbocycles. The molecule has 1 heterocycles. The summed E-state index contributed by atoms with van der Waals surface area (Å²) in [6, 6.07) is 9.96. The monoisotopic (exact) mass is 478 g/mol. The molecule has 0 bridgehead atoms. The molecule has 0 radical (unpaired) electrons. The van der Waals surface area contributed by atoms with Gasteiger partial charge in [-0.3, -0.25) is 0 Å². The van der Waals surface area contributed by atoms with Gasteiger partial charge in [0.1, 0.15) is 10.6 Å². The van der Waals surface area contributed by atoms with Gasteiger partial charge in [0.05, 0.1) is 17.0 Å². The number of halogens is 2. The van der Waals surface area contributed by atoms with Gasteiger partial charge in [0, 0.05) is 24.2 Å². The van der Waals surface area contributed by atoms with Gasteiger partial charge in [-0.25, -0.2) is 21.6 Å². The fraction of sp³-hybridized carbons (Fsp3) is 0.333. The maximum absolute atomic E-state index is 12.8. The summed E-state index contributed by atoms with van der Waals surface area (Å²) >= 11 is 11.9. The van der Waals surface area contributed by atoms with Gasteiger partial charge in [0.15, 0.2) is 0 Å². The highest BCUT2D eigenvalue weighted by molar-refractivity contribution is 7.89. The van der Waals surface area contributed by atoms with Crippen molar-refractivity contribution in [2.45, 2.75) is 28.7 Å². The highest BCUT2D eigenvalue weighted by Gasteiger charge is 2.32. The Kier molecular flexibility index (Phi) is 6.77. The Morgan fingerprint density at radius 3 is 2.21 bits per heavy atom. The number of sulfonamides is 2. The topological polar surface area (TPSA) is 92.8 Å². The van der Waals surface area contributed by atoms with Crippen molar-refractivity contribution in [2.24, 2.45) is 0 Å². The van der Waals surface area contributed by atoms with Crippen LogP contribution in [0.5, 0.6) is 5.75 Å². The average molecular weight is 479 g/mol. The zero-order valence-corrected chi connectivity index (χ0v) is 18.7. The summed E-state index contributed by atoms with van der Waals surface area (Å²) in [4.78, 5) is 0.0722. The van der Waals surface area contributed by atoms with Crippen molar-refractivity contribution in [3.8, 4) is 5.75 Å². The Labute approximate surface area is 180 Å². The first-order valence-corrected chi connectivity index (χ1v) is 12.4. The van der Waals surface area contributed by atoms with Gasteiger partial charge in [-0.1, -0.05) is 23.2 Å². The van der Waals surface area contributed by atoms with E-state index in [2.05, 4.69) is 4.72 Å². The lowest BCUT2D eigenvalue weighted by atomic mass is 10.1. The summed E-state index contributed by atoms with van der Waals surface area (Å²) in [5, 5.41) is 0.330. The van der Waals surface area contributed by atoms with Gasteiger partial charge in [-0.05, 0) is 55.3 Å². The number of hydrogen-bond acceptors (Lipinski definition) is 5. The van der Waals surface area contributed by atoms with E-state index in [-0.39, 0.29) is 32.9 Å². The Balaban J connectivity index is 1.67. The fourth-order valence-electron chi connectivity index (χ4n) is 3.08. The molecule has 2 aromatic rings. The standard InChI is InChI=1S/C18H20Cl2N2O5S2/c1-27-15-3-5-16(6-4-15)29(25,26)22-10-8-14(9-11-22)21-28(23,24)18-12-13(19)2-7-17(18)20/h2-7,12,14,21H,8-11H2,1H3. The molecule has 29 heavy (non-hydrogen) atoms. The number of methoxy groups -OCH3 is 1. The molecule has 1 saturated heterocycles. The molecule has 0 atom stereocenters. The average Bonchev–Trinajstić information content (AvgIpc) is 2.70. The quantitative estimate of drug-likeness (QED) is 0.688. The molecule has 0 unspecified atom stereocenters. The minimum Gasteiger partial charge on any atom is -0.497 e. The SMILES string of the molecule is COc1ccc(S(=O)(=O)N2CCC(NS(=O)(=O)c3cc(Cl)ccc3Cl)CC2)cc1. The van der Waals surface area contributed by atoms with E-state index in [1.54, 1.807) is 12.1 Å². The van der Waals surface area contributed by atoms with Gasteiger partial charge in [0.2, 0.25) is 20.0 Å². The minimum absolute atomic E-state index is 0.0708. The van der Waals surface area contributed by atoms with Gasteiger partial charge in [-0.15, -0.1) is 0 Å². The van der Waals surface area contributed by atoms with Gasteiger partial charge in [-0.2, -0.15) is 4.31 Å². The third-order valence-corrected chi connectivity index (χ3v) is 8.81. The number of benzene rings is 2. The van der Waals surface area contributed by atoms with Crippen LogP contribution in [0, 0.1) is 0 Å². The van der Waals surface area contributed by atoms with E-state index in [1.165, 1.54) is 41.7 Å². The van der Waals surface area contributed by atoms with Gasteiger partial charge < -0.3 is 4.74 Å². The van der Waals surface area contributed by atoms with Crippen molar-refractivity contribution in [2.75, 3.05) is 20.2 Å². The number of ether oxygens (including phenoxy) is 1. The molecule has 1 N–H and O–H groups in total. The molecular formula is C18H20Cl2N2O5S2. The lowest BCUT2D eigenvalue weighted by molar-refractivity contribution is 0.308. The molecule has 1 aliphatic heterocycles. The molecule has 0 aliphatic carbocycles. The molecule has 1 aliphatic rings. The second-order valence-corrected chi connectivity index (χ2v) is 11.0. The van der Waals surface area contributed by atoms with E-state index in [1.807, 2.05) is 0 Å². The Bertz CT molecular complexity index is 1080. The van der Waals surface area contributed by atoms with Crippen molar-refractivity contribution in [1.82, 2.24) is 9.03 Å². The summed E-state index contributed by atoms with van der Waals surface area (Å²) in [6.45, 7) is 0.398. The normalized spacial score (nSPS) is 16.7. The Morgan fingerprint density at radius 2 is 1.62 bits per heavy atom. The summed E-state index contributed by atoms with van der Waals surface area (Å²) in [6.07, 6.45) is 0.680. The molecule has 7 nitrogen and oxygen atoms in total. The largest absolute Gasteiger partial charge is 0.497 e. The number of rotatable bonds is 6. The number of hydrogen-bond donors (Lipinski definition) is 1. The van der Waals surface area contributed by atoms with E-state index < -0.39 is 26.1 Å². The van der Waals surface area contributed by atoms with Crippen LogP contribution in [0.4, 0.5) is 0 Å². The first-order chi connectivity index (χ1) is 13.6. The van der Waals surface area contributed by atoms with Crippen molar-refractivity contribution >= 4 is 43.2 Å². The van der Waals surface area contributed by atoms with E-state index in [0.29, 0.717) is 18.6 Å². The van der Waals surface area contributed by atoms with Crippen LogP contribution in [0.1, 0.15) is 12.8 Å². The molecule has 11 heteroatoms. The second kappa shape index (κ2) is 8.79. The van der Waals surface area contributed by atoms with Crippen LogP contribution in [0.25, 0.3) is 0 Å². The number of nitrogens with zero attached hydrogens (tertiary/aromatic N) is 1. The van der Waals surface area contributed by atoms with Crippen LogP contribution in [0.2, 0.25) is 10.0 Å². The van der Waals surface area contributed by atoms with Crippen LogP contribution in [0.3, 0.4) is 0 Å². The molecule has 0 amide bonds. The number of nitrogens with one attached hydrogen (secondary N) is 1. The van der Waals surface area contributed by atoms with E-state index in [0.717, 1.165) is 0 Å². The number of piperidine rings is 1. The van der Waals surface area contributed by atoms with E-state index >= 15 is 0 Å². The Hall–Kier alpha value is -1.36. The molecule has 0 spiro atoms. The van der Waals surface area contributed by atoms with Crippen LogP contribution in [-0.4, -0.2) is 47.4 Å². The third-order valence-electron chi connectivity index (χ3n) is 4.66. The zero-order chi connectivity index (χ0) is 21.2. The molecule has 3 rings (SSSR count). The third kappa shape index (κ3) is 5.04. The fourth-order valence-corrected chi connectivity index (χ4v) is 6.61. The predicted molar refractivity (Wildman–Crippen MR) is 112 cm³/mol. The van der Waals surface area contributed by atoms with Crippen LogP contribution in [-0.2, 0) is 20.0 Å². The highest BCUT2D eigenvalue weighted by atomic mass is 35.5. The summed E-state index contributed by atoms with van der Waals surface area (Å²) < 4.78 is 59.9. The van der Waals surface area contributed by atoms with Crippen molar-refractivity contribution < 1.29 is 21.6 Å².